The summed E-state index contributed by atoms with van der Waals surface area (Å²) < 4.78 is 5.60. The van der Waals surface area contributed by atoms with Crippen LogP contribution in [0.3, 0.4) is 0 Å². The number of anilines is 1. The van der Waals surface area contributed by atoms with Crippen LogP contribution in [-0.4, -0.2) is 24.2 Å². The molecular formula is C24H30N2O4. The number of carbonyl (C=O) groups is 3. The largest absolute Gasteiger partial charge is 0.483 e. The molecule has 0 aliphatic heterocycles. The fourth-order valence-electron chi connectivity index (χ4n) is 3.00. The molecule has 0 aliphatic rings. The van der Waals surface area contributed by atoms with Crippen molar-refractivity contribution < 1.29 is 19.1 Å². The van der Waals surface area contributed by atoms with Crippen LogP contribution < -0.4 is 15.4 Å². The molecule has 0 spiro atoms. The number of carbonyl (C=O) groups excluding carboxylic acids is 3. The Balaban J connectivity index is 2.01. The normalized spacial score (nSPS) is 11.5. The van der Waals surface area contributed by atoms with Crippen molar-refractivity contribution in [1.29, 1.82) is 0 Å². The van der Waals surface area contributed by atoms with Gasteiger partial charge in [-0.2, -0.15) is 0 Å². The Labute approximate surface area is 178 Å². The SMILES string of the molecule is CCCC(=O)Nc1ccc(OCC(=O)NC(C)c2ccc(C)c(C)c2)c(C(C)=O)c1. The van der Waals surface area contributed by atoms with Crippen LogP contribution in [0.2, 0.25) is 0 Å². The highest BCUT2D eigenvalue weighted by molar-refractivity contribution is 5.99. The van der Waals surface area contributed by atoms with Gasteiger partial charge < -0.3 is 15.4 Å². The van der Waals surface area contributed by atoms with Gasteiger partial charge in [-0.05, 0) is 69.0 Å². The minimum atomic E-state index is -0.282. The molecule has 30 heavy (non-hydrogen) atoms. The molecule has 6 nitrogen and oxygen atoms in total. The molecule has 0 fully saturated rings. The van der Waals surface area contributed by atoms with E-state index in [4.69, 9.17) is 4.74 Å². The van der Waals surface area contributed by atoms with Crippen molar-refractivity contribution in [3.8, 4) is 5.75 Å². The summed E-state index contributed by atoms with van der Waals surface area (Å²) in [5, 5.41) is 5.66. The van der Waals surface area contributed by atoms with Crippen molar-refractivity contribution in [2.24, 2.45) is 0 Å². The second-order valence-corrected chi connectivity index (χ2v) is 7.49. The number of amides is 2. The lowest BCUT2D eigenvalue weighted by molar-refractivity contribution is -0.123. The highest BCUT2D eigenvalue weighted by Crippen LogP contribution is 2.24. The lowest BCUT2D eigenvalue weighted by atomic mass is 10.0. The third-order valence-corrected chi connectivity index (χ3v) is 4.89. The molecule has 2 aromatic rings. The number of Topliss-reactive ketones (excluding diaryl/α,β-unsaturated/α-hetero) is 1. The Hall–Kier alpha value is -3.15. The van der Waals surface area contributed by atoms with Crippen LogP contribution in [0.5, 0.6) is 5.75 Å². The number of hydrogen-bond donors (Lipinski definition) is 2. The van der Waals surface area contributed by atoms with Crippen LogP contribution in [0.1, 0.15) is 66.7 Å². The second kappa shape index (κ2) is 10.6. The zero-order valence-corrected chi connectivity index (χ0v) is 18.3. The van der Waals surface area contributed by atoms with Crippen LogP contribution in [-0.2, 0) is 9.59 Å². The Morgan fingerprint density at radius 3 is 2.37 bits per heavy atom. The maximum absolute atomic E-state index is 12.3. The topological polar surface area (TPSA) is 84.5 Å². The van der Waals surface area contributed by atoms with Crippen LogP contribution in [0, 0.1) is 13.8 Å². The van der Waals surface area contributed by atoms with Gasteiger partial charge in [0.25, 0.3) is 5.91 Å². The average molecular weight is 411 g/mol. The highest BCUT2D eigenvalue weighted by Gasteiger charge is 2.15. The molecular weight excluding hydrogens is 380 g/mol. The number of nitrogens with one attached hydrogen (secondary N) is 2. The molecule has 1 atom stereocenters. The van der Waals surface area contributed by atoms with E-state index in [2.05, 4.69) is 16.7 Å². The molecule has 0 aliphatic carbocycles. The molecule has 0 saturated carbocycles. The Bertz CT molecular complexity index is 937. The van der Waals surface area contributed by atoms with Gasteiger partial charge in [0.15, 0.2) is 12.4 Å². The summed E-state index contributed by atoms with van der Waals surface area (Å²) >= 11 is 0. The van der Waals surface area contributed by atoms with E-state index in [1.54, 1.807) is 18.2 Å². The Morgan fingerprint density at radius 2 is 1.73 bits per heavy atom. The lowest BCUT2D eigenvalue weighted by Crippen LogP contribution is -2.31. The fourth-order valence-corrected chi connectivity index (χ4v) is 3.00. The minimum Gasteiger partial charge on any atom is -0.483 e. The Kier molecular flexibility index (Phi) is 8.16. The number of ketones is 1. The van der Waals surface area contributed by atoms with Gasteiger partial charge in [0.2, 0.25) is 5.91 Å². The monoisotopic (exact) mass is 410 g/mol. The molecule has 0 heterocycles. The quantitative estimate of drug-likeness (QED) is 0.596. The first-order valence-corrected chi connectivity index (χ1v) is 10.2. The van der Waals surface area contributed by atoms with Gasteiger partial charge in [-0.3, -0.25) is 14.4 Å². The van der Waals surface area contributed by atoms with E-state index in [0.717, 1.165) is 12.0 Å². The van der Waals surface area contributed by atoms with Crippen molar-refractivity contribution in [2.75, 3.05) is 11.9 Å². The summed E-state index contributed by atoms with van der Waals surface area (Å²) in [5.41, 5.74) is 4.23. The summed E-state index contributed by atoms with van der Waals surface area (Å²) in [4.78, 5) is 36.1. The summed E-state index contributed by atoms with van der Waals surface area (Å²) in [7, 11) is 0. The first-order valence-electron chi connectivity index (χ1n) is 10.2. The van der Waals surface area contributed by atoms with Crippen molar-refractivity contribution >= 4 is 23.3 Å². The van der Waals surface area contributed by atoms with E-state index in [1.165, 1.54) is 18.1 Å². The van der Waals surface area contributed by atoms with Gasteiger partial charge in [-0.15, -0.1) is 0 Å². The first kappa shape index (κ1) is 23.1. The summed E-state index contributed by atoms with van der Waals surface area (Å²) in [6.45, 7) is 9.12. The van der Waals surface area contributed by atoms with Crippen molar-refractivity contribution in [1.82, 2.24) is 5.32 Å². The predicted octanol–water partition coefficient (Wildman–Crippen LogP) is 4.50. The van der Waals surface area contributed by atoms with Gasteiger partial charge in [0.05, 0.1) is 11.6 Å². The van der Waals surface area contributed by atoms with Crippen LogP contribution in [0.25, 0.3) is 0 Å². The lowest BCUT2D eigenvalue weighted by Gasteiger charge is -2.17. The molecule has 6 heteroatoms. The molecule has 0 saturated heterocycles. The molecule has 2 aromatic carbocycles. The van der Waals surface area contributed by atoms with Crippen molar-refractivity contribution in [2.45, 2.75) is 53.5 Å². The van der Waals surface area contributed by atoms with E-state index < -0.39 is 0 Å². The zero-order valence-electron chi connectivity index (χ0n) is 18.3. The van der Waals surface area contributed by atoms with Gasteiger partial charge in [0, 0.05) is 12.1 Å². The fraction of sp³-hybridized carbons (Fsp3) is 0.375. The van der Waals surface area contributed by atoms with Crippen molar-refractivity contribution in [3.05, 3.63) is 58.7 Å². The van der Waals surface area contributed by atoms with E-state index in [9.17, 15) is 14.4 Å². The van der Waals surface area contributed by atoms with E-state index >= 15 is 0 Å². The molecule has 2 amide bonds. The van der Waals surface area contributed by atoms with E-state index in [-0.39, 0.29) is 30.2 Å². The summed E-state index contributed by atoms with van der Waals surface area (Å²) in [6.07, 6.45) is 1.15. The van der Waals surface area contributed by atoms with Gasteiger partial charge in [-0.1, -0.05) is 25.1 Å². The average Bonchev–Trinajstić information content (AvgIpc) is 2.69. The summed E-state index contributed by atoms with van der Waals surface area (Å²) in [5.74, 6) is -0.290. The molecule has 1 unspecified atom stereocenters. The molecule has 0 bridgehead atoms. The van der Waals surface area contributed by atoms with Crippen LogP contribution in [0.4, 0.5) is 5.69 Å². The number of benzene rings is 2. The molecule has 2 rings (SSSR count). The predicted molar refractivity (Wildman–Crippen MR) is 118 cm³/mol. The third kappa shape index (κ3) is 6.44. The number of aryl methyl sites for hydroxylation is 2. The first-order chi connectivity index (χ1) is 14.2. The van der Waals surface area contributed by atoms with Crippen LogP contribution >= 0.6 is 0 Å². The van der Waals surface area contributed by atoms with Crippen molar-refractivity contribution in [3.63, 3.8) is 0 Å². The smallest absolute Gasteiger partial charge is 0.258 e. The number of hydrogen-bond acceptors (Lipinski definition) is 4. The standard InChI is InChI=1S/C24H30N2O4/c1-6-7-23(28)26-20-10-11-22(21(13-20)18(5)27)30-14-24(29)25-17(4)19-9-8-15(2)16(3)12-19/h8-13,17H,6-7,14H2,1-5H3,(H,25,29)(H,26,28). The van der Waals surface area contributed by atoms with Gasteiger partial charge >= 0.3 is 0 Å². The molecule has 0 aromatic heterocycles. The van der Waals surface area contributed by atoms with E-state index in [0.29, 0.717) is 23.4 Å². The maximum Gasteiger partial charge on any atom is 0.258 e. The van der Waals surface area contributed by atoms with E-state index in [1.807, 2.05) is 39.8 Å². The highest BCUT2D eigenvalue weighted by atomic mass is 16.5. The minimum absolute atomic E-state index is 0.111. The summed E-state index contributed by atoms with van der Waals surface area (Å²) in [6, 6.07) is 10.7. The third-order valence-electron chi connectivity index (χ3n) is 4.89. The van der Waals surface area contributed by atoms with Crippen LogP contribution in [0.15, 0.2) is 36.4 Å². The maximum atomic E-state index is 12.3. The second-order valence-electron chi connectivity index (χ2n) is 7.49. The van der Waals surface area contributed by atoms with Gasteiger partial charge in [-0.25, -0.2) is 0 Å². The molecule has 160 valence electrons. The zero-order chi connectivity index (χ0) is 22.3. The Morgan fingerprint density at radius 1 is 1.00 bits per heavy atom. The molecule has 0 radical (unpaired) electrons. The van der Waals surface area contributed by atoms with Gasteiger partial charge in [0.1, 0.15) is 5.75 Å². The molecule has 2 N–H and O–H groups in total. The number of rotatable bonds is 9. The number of ether oxygens (including phenoxy) is 1.